The monoisotopic (exact) mass is 454 g/mol. The summed E-state index contributed by atoms with van der Waals surface area (Å²) >= 11 is 0. The molecule has 6 nitrogen and oxygen atoms in total. The summed E-state index contributed by atoms with van der Waals surface area (Å²) in [4.78, 5) is 34.0. The van der Waals surface area contributed by atoms with Crippen molar-refractivity contribution in [3.05, 3.63) is 0 Å². The molecule has 0 aromatic rings. The van der Waals surface area contributed by atoms with Gasteiger partial charge in [-0.25, -0.2) is 0 Å². The molecule has 0 aromatic heterocycles. The van der Waals surface area contributed by atoms with Gasteiger partial charge in [-0.15, -0.1) is 0 Å². The van der Waals surface area contributed by atoms with E-state index in [4.69, 9.17) is 5.11 Å². The third-order valence-electron chi connectivity index (χ3n) is 5.83. The number of unbranched alkanes of at least 4 members (excludes halogenated alkanes) is 13. The number of carboxylic acids is 1. The van der Waals surface area contributed by atoms with E-state index >= 15 is 0 Å². The maximum Gasteiger partial charge on any atom is 0.303 e. The fourth-order valence-corrected chi connectivity index (χ4v) is 3.80. The summed E-state index contributed by atoms with van der Waals surface area (Å²) in [6, 6.07) is 0.0480. The largest absolute Gasteiger partial charge is 0.481 e. The summed E-state index contributed by atoms with van der Waals surface area (Å²) in [6.07, 6.45) is 19.6. The second-order valence-electron chi connectivity index (χ2n) is 9.20. The lowest BCUT2D eigenvalue weighted by Crippen LogP contribution is -2.34. The van der Waals surface area contributed by atoms with E-state index in [-0.39, 0.29) is 17.9 Å². The van der Waals surface area contributed by atoms with Crippen LogP contribution in [0.5, 0.6) is 0 Å². The normalized spacial score (nSPS) is 11.8. The first-order valence-corrected chi connectivity index (χ1v) is 13.2. The molecule has 32 heavy (non-hydrogen) atoms. The van der Waals surface area contributed by atoms with E-state index in [0.717, 1.165) is 38.6 Å². The minimum Gasteiger partial charge on any atom is -0.481 e. The zero-order valence-electron chi connectivity index (χ0n) is 20.9. The molecule has 0 spiro atoms. The van der Waals surface area contributed by atoms with Crippen LogP contribution in [-0.2, 0) is 14.4 Å². The lowest BCUT2D eigenvalue weighted by atomic mass is 10.0. The van der Waals surface area contributed by atoms with Gasteiger partial charge >= 0.3 is 5.97 Å². The molecule has 0 heterocycles. The number of amides is 2. The summed E-state index contributed by atoms with van der Waals surface area (Å²) in [5.74, 6) is -0.506. The first kappa shape index (κ1) is 30.4. The first-order chi connectivity index (χ1) is 15.5. The molecule has 0 radical (unpaired) electrons. The van der Waals surface area contributed by atoms with Crippen molar-refractivity contribution in [1.29, 1.82) is 0 Å². The van der Waals surface area contributed by atoms with Crippen LogP contribution < -0.4 is 10.6 Å². The molecule has 2 amide bonds. The zero-order chi connectivity index (χ0) is 23.9. The van der Waals surface area contributed by atoms with Crippen LogP contribution in [0, 0.1) is 0 Å². The molecule has 0 aliphatic heterocycles. The smallest absolute Gasteiger partial charge is 0.303 e. The SMILES string of the molecule is CCCNC(=O)CCC(C)NC(=O)CCCCCCCCCCCCCCCCC(=O)O. The van der Waals surface area contributed by atoms with Crippen molar-refractivity contribution in [2.75, 3.05) is 6.54 Å². The van der Waals surface area contributed by atoms with Gasteiger partial charge in [-0.3, -0.25) is 14.4 Å². The van der Waals surface area contributed by atoms with Crippen LogP contribution in [0.25, 0.3) is 0 Å². The second-order valence-corrected chi connectivity index (χ2v) is 9.20. The van der Waals surface area contributed by atoms with Crippen LogP contribution in [0.1, 0.15) is 136 Å². The standard InChI is InChI=1S/C26H50N2O4/c1-3-22-27-24(29)21-20-23(2)28-25(30)18-16-14-12-10-8-6-4-5-7-9-11-13-15-17-19-26(31)32/h23H,3-22H2,1-2H3,(H,27,29)(H,28,30)(H,31,32). The average Bonchev–Trinajstić information content (AvgIpc) is 2.75. The molecule has 0 saturated carbocycles. The average molecular weight is 455 g/mol. The Bertz CT molecular complexity index is 482. The fraction of sp³-hybridized carbons (Fsp3) is 0.885. The van der Waals surface area contributed by atoms with Crippen LogP contribution >= 0.6 is 0 Å². The van der Waals surface area contributed by atoms with E-state index < -0.39 is 5.97 Å². The van der Waals surface area contributed by atoms with E-state index in [2.05, 4.69) is 10.6 Å². The van der Waals surface area contributed by atoms with Gasteiger partial charge in [0.15, 0.2) is 0 Å². The third-order valence-corrected chi connectivity index (χ3v) is 5.83. The van der Waals surface area contributed by atoms with Crippen LogP contribution in [0.2, 0.25) is 0 Å². The van der Waals surface area contributed by atoms with Crippen LogP contribution in [0.15, 0.2) is 0 Å². The van der Waals surface area contributed by atoms with Crippen molar-refractivity contribution >= 4 is 17.8 Å². The molecule has 3 N–H and O–H groups in total. The van der Waals surface area contributed by atoms with Crippen LogP contribution in [0.4, 0.5) is 0 Å². The molecule has 0 saturated heterocycles. The van der Waals surface area contributed by atoms with Crippen molar-refractivity contribution in [3.8, 4) is 0 Å². The molecule has 0 fully saturated rings. The van der Waals surface area contributed by atoms with E-state index in [1.165, 1.54) is 64.2 Å². The van der Waals surface area contributed by atoms with Gasteiger partial charge in [-0.2, -0.15) is 0 Å². The Labute approximate surface area is 196 Å². The Hall–Kier alpha value is -1.59. The highest BCUT2D eigenvalue weighted by Gasteiger charge is 2.09. The Morgan fingerprint density at radius 2 is 1.09 bits per heavy atom. The fourth-order valence-electron chi connectivity index (χ4n) is 3.80. The van der Waals surface area contributed by atoms with Gasteiger partial charge in [0.05, 0.1) is 0 Å². The molecular weight excluding hydrogens is 404 g/mol. The number of carbonyl (C=O) groups is 3. The molecule has 0 rings (SSSR count). The van der Waals surface area contributed by atoms with E-state index in [0.29, 0.717) is 25.7 Å². The Balaban J connectivity index is 3.33. The lowest BCUT2D eigenvalue weighted by Gasteiger charge is -2.13. The summed E-state index contributed by atoms with van der Waals surface area (Å²) in [6.45, 7) is 4.72. The van der Waals surface area contributed by atoms with E-state index in [1.54, 1.807) is 0 Å². The van der Waals surface area contributed by atoms with Crippen molar-refractivity contribution in [1.82, 2.24) is 10.6 Å². The number of hydrogen-bond donors (Lipinski definition) is 3. The van der Waals surface area contributed by atoms with Crippen molar-refractivity contribution in [2.24, 2.45) is 0 Å². The first-order valence-electron chi connectivity index (χ1n) is 13.2. The summed E-state index contributed by atoms with van der Waals surface area (Å²) in [5.41, 5.74) is 0. The van der Waals surface area contributed by atoms with Crippen LogP contribution in [-0.4, -0.2) is 35.5 Å². The molecule has 0 aliphatic carbocycles. The van der Waals surface area contributed by atoms with Gasteiger partial charge in [0.2, 0.25) is 11.8 Å². The van der Waals surface area contributed by atoms with Crippen molar-refractivity contribution < 1.29 is 19.5 Å². The number of rotatable bonds is 23. The predicted octanol–water partition coefficient (Wildman–Crippen LogP) is 6.12. The molecule has 0 aromatic carbocycles. The van der Waals surface area contributed by atoms with Crippen LogP contribution in [0.3, 0.4) is 0 Å². The molecule has 1 atom stereocenters. The number of nitrogens with one attached hydrogen (secondary N) is 2. The highest BCUT2D eigenvalue weighted by Crippen LogP contribution is 2.13. The predicted molar refractivity (Wildman–Crippen MR) is 132 cm³/mol. The maximum atomic E-state index is 12.0. The maximum absolute atomic E-state index is 12.0. The van der Waals surface area contributed by atoms with Gasteiger partial charge in [0.25, 0.3) is 0 Å². The molecule has 0 bridgehead atoms. The number of hydrogen-bond acceptors (Lipinski definition) is 3. The van der Waals surface area contributed by atoms with Gasteiger partial charge in [-0.05, 0) is 32.6 Å². The topological polar surface area (TPSA) is 95.5 Å². The summed E-state index contributed by atoms with van der Waals surface area (Å²) in [7, 11) is 0. The minimum atomic E-state index is -0.679. The Kier molecular flexibility index (Phi) is 21.5. The highest BCUT2D eigenvalue weighted by atomic mass is 16.4. The molecule has 1 unspecified atom stereocenters. The zero-order valence-corrected chi connectivity index (χ0v) is 20.9. The number of aliphatic carboxylic acids is 1. The van der Waals surface area contributed by atoms with Crippen molar-refractivity contribution in [2.45, 2.75) is 142 Å². The highest BCUT2D eigenvalue weighted by molar-refractivity contribution is 5.77. The second kappa shape index (κ2) is 22.6. The minimum absolute atomic E-state index is 0.0480. The van der Waals surface area contributed by atoms with E-state index in [9.17, 15) is 14.4 Å². The Morgan fingerprint density at radius 1 is 0.656 bits per heavy atom. The summed E-state index contributed by atoms with van der Waals surface area (Å²) in [5, 5.41) is 14.5. The van der Waals surface area contributed by atoms with Gasteiger partial charge < -0.3 is 15.7 Å². The molecule has 0 aliphatic rings. The van der Waals surface area contributed by atoms with Crippen molar-refractivity contribution in [3.63, 3.8) is 0 Å². The number of carbonyl (C=O) groups excluding carboxylic acids is 2. The molecular formula is C26H50N2O4. The van der Waals surface area contributed by atoms with Gasteiger partial charge in [-0.1, -0.05) is 84.0 Å². The van der Waals surface area contributed by atoms with Gasteiger partial charge in [0, 0.05) is 31.8 Å². The van der Waals surface area contributed by atoms with E-state index in [1.807, 2.05) is 13.8 Å². The molecule has 6 heteroatoms. The Morgan fingerprint density at radius 3 is 1.53 bits per heavy atom. The number of carboxylic acid groups (broad SMARTS) is 1. The summed E-state index contributed by atoms with van der Waals surface area (Å²) < 4.78 is 0. The van der Waals surface area contributed by atoms with Gasteiger partial charge in [0.1, 0.15) is 0 Å². The third kappa shape index (κ3) is 23.1. The lowest BCUT2D eigenvalue weighted by molar-refractivity contribution is -0.137. The molecule has 188 valence electrons. The quantitative estimate of drug-likeness (QED) is 0.162.